The Morgan fingerprint density at radius 3 is 2.39 bits per heavy atom. The predicted octanol–water partition coefficient (Wildman–Crippen LogP) is -0.501. The highest BCUT2D eigenvalue weighted by Gasteiger charge is 2.44. The minimum atomic E-state index is -1.31. The van der Waals surface area contributed by atoms with Gasteiger partial charge in [0.1, 0.15) is 36.5 Å². The van der Waals surface area contributed by atoms with Crippen LogP contribution in [0.5, 0.6) is 0 Å². The quantitative estimate of drug-likeness (QED) is 0.597. The van der Waals surface area contributed by atoms with Gasteiger partial charge in [0.2, 0.25) is 0 Å². The molecule has 0 aromatic heterocycles. The van der Waals surface area contributed by atoms with E-state index in [1.54, 1.807) is 0 Å². The summed E-state index contributed by atoms with van der Waals surface area (Å²) in [6.45, 7) is 4.97. The molecule has 6 nitrogen and oxygen atoms in total. The van der Waals surface area contributed by atoms with Crippen molar-refractivity contribution in [3.05, 3.63) is 0 Å². The van der Waals surface area contributed by atoms with E-state index in [-0.39, 0.29) is 11.9 Å². The molecule has 0 bridgehead atoms. The first-order chi connectivity index (χ1) is 8.32. The summed E-state index contributed by atoms with van der Waals surface area (Å²) in [6.07, 6.45) is -4.58. The number of esters is 1. The lowest BCUT2D eigenvalue weighted by Crippen LogP contribution is -2.58. The van der Waals surface area contributed by atoms with Crippen molar-refractivity contribution in [2.24, 2.45) is 0 Å². The van der Waals surface area contributed by atoms with Crippen LogP contribution in [-0.2, 0) is 14.3 Å². The second kappa shape index (κ2) is 6.72. The van der Waals surface area contributed by atoms with Crippen molar-refractivity contribution < 1.29 is 29.6 Å². The molecule has 0 aliphatic carbocycles. The predicted molar refractivity (Wildman–Crippen MR) is 66.0 cm³/mol. The maximum atomic E-state index is 10.7. The van der Waals surface area contributed by atoms with E-state index in [1.807, 2.05) is 13.8 Å². The van der Waals surface area contributed by atoms with Crippen molar-refractivity contribution in [1.82, 2.24) is 0 Å². The van der Waals surface area contributed by atoms with Crippen LogP contribution >= 0.6 is 11.8 Å². The molecular weight excluding hydrogens is 260 g/mol. The Balaban J connectivity index is 2.64. The van der Waals surface area contributed by atoms with Gasteiger partial charge in [-0.25, -0.2) is 0 Å². The van der Waals surface area contributed by atoms with Gasteiger partial charge in [0, 0.05) is 12.2 Å². The Labute approximate surface area is 110 Å². The lowest BCUT2D eigenvalue weighted by molar-refractivity contribution is -0.210. The molecule has 1 aliphatic heterocycles. The maximum absolute atomic E-state index is 10.7. The number of thioether (sulfide) groups is 1. The summed E-state index contributed by atoms with van der Waals surface area (Å²) in [5.41, 5.74) is -0.649. The maximum Gasteiger partial charge on any atom is 0.302 e. The number of aliphatic hydroxyl groups excluding tert-OH is 3. The summed E-state index contributed by atoms with van der Waals surface area (Å²) in [7, 11) is 0. The third kappa shape index (κ3) is 4.10. The van der Waals surface area contributed by atoms with E-state index in [0.717, 1.165) is 0 Å². The van der Waals surface area contributed by atoms with Gasteiger partial charge in [-0.15, -0.1) is 11.8 Å². The van der Waals surface area contributed by atoms with Crippen molar-refractivity contribution in [3.8, 4) is 0 Å². The number of hydrogen-bond donors (Lipinski definition) is 3. The molecule has 0 amide bonds. The number of ether oxygens (including phenoxy) is 2. The summed E-state index contributed by atoms with van der Waals surface area (Å²) < 4.78 is 10.2. The van der Waals surface area contributed by atoms with Crippen LogP contribution in [0.15, 0.2) is 0 Å². The van der Waals surface area contributed by atoms with Crippen molar-refractivity contribution in [2.45, 2.75) is 55.9 Å². The SMILES string of the molecule is CC(=O)OCC1OC(SC(C)C)C(O)C(O)C1O. The summed E-state index contributed by atoms with van der Waals surface area (Å²) in [4.78, 5) is 10.7. The third-order valence-electron chi connectivity index (χ3n) is 2.53. The number of carbonyl (C=O) groups is 1. The Hall–Kier alpha value is -0.340. The molecule has 1 heterocycles. The molecular formula is C11H20O6S. The van der Waals surface area contributed by atoms with E-state index in [2.05, 4.69) is 0 Å². The Kier molecular flexibility index (Phi) is 5.87. The smallest absolute Gasteiger partial charge is 0.302 e. The Morgan fingerprint density at radius 1 is 1.28 bits per heavy atom. The van der Waals surface area contributed by atoms with Crippen LogP contribution in [0.3, 0.4) is 0 Å². The fourth-order valence-electron chi connectivity index (χ4n) is 1.63. The highest BCUT2D eigenvalue weighted by Crippen LogP contribution is 2.30. The van der Waals surface area contributed by atoms with Gasteiger partial charge < -0.3 is 24.8 Å². The van der Waals surface area contributed by atoms with Gasteiger partial charge in [-0.2, -0.15) is 0 Å². The van der Waals surface area contributed by atoms with Gasteiger partial charge in [0.15, 0.2) is 0 Å². The van der Waals surface area contributed by atoms with Gasteiger partial charge in [-0.05, 0) is 0 Å². The molecule has 3 N–H and O–H groups in total. The summed E-state index contributed by atoms with van der Waals surface area (Å²) in [6, 6.07) is 0. The monoisotopic (exact) mass is 280 g/mol. The highest BCUT2D eigenvalue weighted by atomic mass is 32.2. The second-order valence-electron chi connectivity index (χ2n) is 4.50. The van der Waals surface area contributed by atoms with Gasteiger partial charge in [-0.3, -0.25) is 4.79 Å². The fourth-order valence-corrected chi connectivity index (χ4v) is 2.70. The van der Waals surface area contributed by atoms with Crippen LogP contribution in [0.4, 0.5) is 0 Å². The molecule has 1 fully saturated rings. The van der Waals surface area contributed by atoms with Gasteiger partial charge in [0.25, 0.3) is 0 Å². The summed E-state index contributed by atoms with van der Waals surface area (Å²) >= 11 is 1.34. The van der Waals surface area contributed by atoms with E-state index < -0.39 is 35.8 Å². The number of aliphatic hydroxyl groups is 3. The zero-order chi connectivity index (χ0) is 13.9. The standard InChI is InChI=1S/C11H20O6S/c1-5(2)18-11-10(15)9(14)8(13)7(17-11)4-16-6(3)12/h5,7-11,13-15H,4H2,1-3H3. The molecule has 106 valence electrons. The molecule has 0 spiro atoms. The zero-order valence-electron chi connectivity index (χ0n) is 10.6. The van der Waals surface area contributed by atoms with Crippen LogP contribution < -0.4 is 0 Å². The zero-order valence-corrected chi connectivity index (χ0v) is 11.5. The first kappa shape index (κ1) is 15.7. The molecule has 1 saturated heterocycles. The van der Waals surface area contributed by atoms with Crippen LogP contribution in [0.1, 0.15) is 20.8 Å². The van der Waals surface area contributed by atoms with Gasteiger partial charge in [-0.1, -0.05) is 13.8 Å². The first-order valence-corrected chi connectivity index (χ1v) is 6.75. The first-order valence-electron chi connectivity index (χ1n) is 5.81. The molecule has 1 rings (SSSR count). The highest BCUT2D eigenvalue weighted by molar-refractivity contribution is 8.00. The minimum Gasteiger partial charge on any atom is -0.463 e. The second-order valence-corrected chi connectivity index (χ2v) is 6.18. The third-order valence-corrected chi connectivity index (χ3v) is 3.73. The molecule has 1 aliphatic rings. The Bertz CT molecular complexity index is 285. The van der Waals surface area contributed by atoms with E-state index >= 15 is 0 Å². The van der Waals surface area contributed by atoms with Crippen molar-refractivity contribution in [3.63, 3.8) is 0 Å². The van der Waals surface area contributed by atoms with Crippen molar-refractivity contribution in [2.75, 3.05) is 6.61 Å². The van der Waals surface area contributed by atoms with Crippen LogP contribution in [0.25, 0.3) is 0 Å². The van der Waals surface area contributed by atoms with E-state index in [1.165, 1.54) is 18.7 Å². The average molecular weight is 280 g/mol. The van der Waals surface area contributed by atoms with E-state index in [0.29, 0.717) is 0 Å². The van der Waals surface area contributed by atoms with Gasteiger partial charge in [0.05, 0.1) is 0 Å². The lowest BCUT2D eigenvalue weighted by atomic mass is 10.0. The van der Waals surface area contributed by atoms with Crippen LogP contribution in [0, 0.1) is 0 Å². The molecule has 5 unspecified atom stereocenters. The van der Waals surface area contributed by atoms with Crippen molar-refractivity contribution in [1.29, 1.82) is 0 Å². The topological polar surface area (TPSA) is 96.2 Å². The molecule has 0 radical (unpaired) electrons. The molecule has 0 aromatic carbocycles. The number of rotatable bonds is 4. The van der Waals surface area contributed by atoms with E-state index in [4.69, 9.17) is 9.47 Å². The average Bonchev–Trinajstić information content (AvgIpc) is 2.27. The van der Waals surface area contributed by atoms with Gasteiger partial charge >= 0.3 is 5.97 Å². The molecule has 18 heavy (non-hydrogen) atoms. The number of hydrogen-bond acceptors (Lipinski definition) is 7. The summed E-state index contributed by atoms with van der Waals surface area (Å²) in [5.74, 6) is -0.487. The molecule has 7 heteroatoms. The molecule has 0 saturated carbocycles. The fraction of sp³-hybridized carbons (Fsp3) is 0.909. The van der Waals surface area contributed by atoms with E-state index in [9.17, 15) is 20.1 Å². The Morgan fingerprint density at radius 2 is 1.89 bits per heavy atom. The van der Waals surface area contributed by atoms with Crippen LogP contribution in [0.2, 0.25) is 0 Å². The molecule has 0 aromatic rings. The van der Waals surface area contributed by atoms with Crippen molar-refractivity contribution >= 4 is 17.7 Å². The van der Waals surface area contributed by atoms with Crippen LogP contribution in [-0.4, -0.2) is 63.0 Å². The largest absolute Gasteiger partial charge is 0.463 e. The number of carbonyl (C=O) groups excluding carboxylic acids is 1. The molecule has 5 atom stereocenters. The normalized spacial score (nSPS) is 36.7. The minimum absolute atomic E-state index is 0.143. The summed E-state index contributed by atoms with van der Waals surface area (Å²) in [5, 5.41) is 29.5. The lowest BCUT2D eigenvalue weighted by Gasteiger charge is -2.40.